The van der Waals surface area contributed by atoms with Crippen molar-refractivity contribution in [2.24, 2.45) is 11.3 Å². The maximum atomic E-state index is 11.5. The Morgan fingerprint density at radius 3 is 2.50 bits per heavy atom. The molecule has 0 aromatic heterocycles. The smallest absolute Gasteiger partial charge is 0.150 e. The van der Waals surface area contributed by atoms with Gasteiger partial charge < -0.3 is 5.32 Å². The van der Waals surface area contributed by atoms with Crippen LogP contribution in [0.4, 0.5) is 0 Å². The molecule has 1 rings (SSSR count). The molecule has 0 aliphatic carbocycles. The lowest BCUT2D eigenvalue weighted by Gasteiger charge is -2.35. The summed E-state index contributed by atoms with van der Waals surface area (Å²) in [6.45, 7) is 8.41. The van der Waals surface area contributed by atoms with Crippen LogP contribution in [0.5, 0.6) is 0 Å². The first-order chi connectivity index (χ1) is 7.43. The van der Waals surface area contributed by atoms with Crippen molar-refractivity contribution in [3.8, 4) is 0 Å². The average Bonchev–Trinajstić information content (AvgIpc) is 2.57. The Balaban J connectivity index is 2.69. The van der Waals surface area contributed by atoms with Crippen molar-refractivity contribution < 1.29 is 8.42 Å². The highest BCUT2D eigenvalue weighted by atomic mass is 32.2. The third-order valence-electron chi connectivity index (χ3n) is 3.82. The van der Waals surface area contributed by atoms with Gasteiger partial charge in [-0.2, -0.15) is 0 Å². The van der Waals surface area contributed by atoms with Crippen LogP contribution in [0.2, 0.25) is 0 Å². The van der Waals surface area contributed by atoms with E-state index in [1.54, 1.807) is 0 Å². The minimum atomic E-state index is -2.75. The summed E-state index contributed by atoms with van der Waals surface area (Å²) in [6.07, 6.45) is 3.09. The number of rotatable bonds is 6. The summed E-state index contributed by atoms with van der Waals surface area (Å²) in [5.41, 5.74) is 0.147. The van der Waals surface area contributed by atoms with Crippen LogP contribution < -0.4 is 5.32 Å². The van der Waals surface area contributed by atoms with Crippen LogP contribution >= 0.6 is 0 Å². The molecule has 0 saturated carbocycles. The van der Waals surface area contributed by atoms with Gasteiger partial charge in [0.15, 0.2) is 9.84 Å². The summed E-state index contributed by atoms with van der Waals surface area (Å²) in [4.78, 5) is 0. The van der Waals surface area contributed by atoms with Gasteiger partial charge in [0.25, 0.3) is 0 Å². The quantitative estimate of drug-likeness (QED) is 0.779. The van der Waals surface area contributed by atoms with Crippen LogP contribution in [0.25, 0.3) is 0 Å². The Morgan fingerprint density at radius 2 is 2.06 bits per heavy atom. The van der Waals surface area contributed by atoms with E-state index in [9.17, 15) is 8.42 Å². The molecule has 0 spiro atoms. The van der Waals surface area contributed by atoms with E-state index in [2.05, 4.69) is 26.1 Å². The van der Waals surface area contributed by atoms with E-state index in [-0.39, 0.29) is 5.41 Å². The zero-order chi connectivity index (χ0) is 12.2. The second-order valence-electron chi connectivity index (χ2n) is 5.28. The molecule has 1 aliphatic rings. The molecule has 1 aliphatic heterocycles. The van der Waals surface area contributed by atoms with Crippen molar-refractivity contribution in [2.45, 2.75) is 40.0 Å². The molecule has 0 amide bonds. The fraction of sp³-hybridized carbons (Fsp3) is 1.00. The Kier molecular flexibility index (Phi) is 4.80. The van der Waals surface area contributed by atoms with Gasteiger partial charge in [0.1, 0.15) is 0 Å². The summed E-state index contributed by atoms with van der Waals surface area (Å²) in [6, 6.07) is 0. The second kappa shape index (κ2) is 5.50. The molecule has 96 valence electrons. The van der Waals surface area contributed by atoms with E-state index in [1.165, 1.54) is 0 Å². The van der Waals surface area contributed by atoms with Crippen molar-refractivity contribution in [1.29, 1.82) is 0 Å². The fourth-order valence-corrected chi connectivity index (χ4v) is 4.76. The topological polar surface area (TPSA) is 46.2 Å². The molecule has 1 heterocycles. The minimum Gasteiger partial charge on any atom is -0.316 e. The molecule has 3 nitrogen and oxygen atoms in total. The molecule has 1 fully saturated rings. The first-order valence-corrected chi connectivity index (χ1v) is 8.17. The first-order valence-electron chi connectivity index (χ1n) is 6.34. The summed E-state index contributed by atoms with van der Waals surface area (Å²) in [5.74, 6) is 1.13. The molecule has 1 saturated heterocycles. The Hall–Kier alpha value is -0.0900. The molecule has 4 heteroatoms. The van der Waals surface area contributed by atoms with E-state index >= 15 is 0 Å². The van der Waals surface area contributed by atoms with Gasteiger partial charge in [-0.3, -0.25) is 0 Å². The lowest BCUT2D eigenvalue weighted by atomic mass is 9.73. The molecule has 2 unspecified atom stereocenters. The van der Waals surface area contributed by atoms with Crippen molar-refractivity contribution >= 4 is 9.84 Å². The maximum absolute atomic E-state index is 11.5. The normalized spacial score (nSPS) is 27.8. The van der Waals surface area contributed by atoms with E-state index < -0.39 is 9.84 Å². The highest BCUT2D eigenvalue weighted by molar-refractivity contribution is 7.91. The highest BCUT2D eigenvalue weighted by Gasteiger charge is 2.40. The Bertz CT molecular complexity index is 313. The molecular weight excluding hydrogens is 222 g/mol. The third kappa shape index (κ3) is 3.45. The minimum absolute atomic E-state index is 0.147. The van der Waals surface area contributed by atoms with E-state index in [1.807, 2.05) is 0 Å². The van der Waals surface area contributed by atoms with Crippen LogP contribution in [-0.4, -0.2) is 33.0 Å². The largest absolute Gasteiger partial charge is 0.316 e. The number of nitrogens with one attached hydrogen (secondary N) is 1. The van der Waals surface area contributed by atoms with Crippen molar-refractivity contribution in [3.63, 3.8) is 0 Å². The van der Waals surface area contributed by atoms with Crippen LogP contribution in [0, 0.1) is 11.3 Å². The fourth-order valence-electron chi connectivity index (χ4n) is 2.76. The lowest BCUT2D eigenvalue weighted by molar-refractivity contribution is 0.180. The Labute approximate surface area is 99.9 Å². The highest BCUT2D eigenvalue weighted by Crippen LogP contribution is 2.39. The predicted molar refractivity (Wildman–Crippen MR) is 68.3 cm³/mol. The van der Waals surface area contributed by atoms with Crippen molar-refractivity contribution in [1.82, 2.24) is 5.32 Å². The van der Waals surface area contributed by atoms with Gasteiger partial charge in [-0.1, -0.05) is 27.2 Å². The zero-order valence-corrected chi connectivity index (χ0v) is 11.6. The monoisotopic (exact) mass is 247 g/mol. The summed E-state index contributed by atoms with van der Waals surface area (Å²) >= 11 is 0. The average molecular weight is 247 g/mol. The third-order valence-corrected chi connectivity index (χ3v) is 5.59. The summed E-state index contributed by atoms with van der Waals surface area (Å²) in [7, 11) is -2.75. The van der Waals surface area contributed by atoms with E-state index in [0.29, 0.717) is 17.4 Å². The first kappa shape index (κ1) is 14.0. The molecule has 2 atom stereocenters. The summed E-state index contributed by atoms with van der Waals surface area (Å²) in [5, 5.41) is 3.38. The molecule has 0 bridgehead atoms. The van der Waals surface area contributed by atoms with Crippen molar-refractivity contribution in [2.75, 3.05) is 24.6 Å². The van der Waals surface area contributed by atoms with Gasteiger partial charge in [-0.25, -0.2) is 8.42 Å². The molecular formula is C12H25NO2S. The van der Waals surface area contributed by atoms with Gasteiger partial charge in [-0.15, -0.1) is 0 Å². The van der Waals surface area contributed by atoms with Crippen LogP contribution in [0.15, 0.2) is 0 Å². The molecule has 0 radical (unpaired) electrons. The van der Waals surface area contributed by atoms with Crippen molar-refractivity contribution in [3.05, 3.63) is 0 Å². The number of hydrogen-bond donors (Lipinski definition) is 1. The molecule has 0 aromatic carbocycles. The second-order valence-corrected chi connectivity index (χ2v) is 7.51. The predicted octanol–water partition coefficient (Wildman–Crippen LogP) is 1.84. The van der Waals surface area contributed by atoms with Crippen LogP contribution in [-0.2, 0) is 9.84 Å². The van der Waals surface area contributed by atoms with Gasteiger partial charge in [-0.05, 0) is 30.7 Å². The van der Waals surface area contributed by atoms with Crippen LogP contribution in [0.3, 0.4) is 0 Å². The summed E-state index contributed by atoms with van der Waals surface area (Å²) < 4.78 is 23.1. The standard InChI is InChI=1S/C12H25NO2S/c1-4-7-12(3,10-13-5-2)11-6-8-16(14,15)9-11/h11,13H,4-10H2,1-3H3. The van der Waals surface area contributed by atoms with Gasteiger partial charge in [0.2, 0.25) is 0 Å². The van der Waals surface area contributed by atoms with Gasteiger partial charge >= 0.3 is 0 Å². The number of sulfone groups is 1. The Morgan fingerprint density at radius 1 is 1.38 bits per heavy atom. The zero-order valence-electron chi connectivity index (χ0n) is 10.8. The van der Waals surface area contributed by atoms with E-state index in [4.69, 9.17) is 0 Å². The maximum Gasteiger partial charge on any atom is 0.150 e. The van der Waals surface area contributed by atoms with Gasteiger partial charge in [0, 0.05) is 6.54 Å². The molecule has 16 heavy (non-hydrogen) atoms. The van der Waals surface area contributed by atoms with E-state index in [0.717, 1.165) is 32.4 Å². The molecule has 0 aromatic rings. The molecule has 1 N–H and O–H groups in total. The van der Waals surface area contributed by atoms with Gasteiger partial charge in [0.05, 0.1) is 11.5 Å². The SMILES string of the molecule is CCCC(C)(CNCC)C1CCS(=O)(=O)C1. The lowest BCUT2D eigenvalue weighted by Crippen LogP contribution is -2.38. The van der Waals surface area contributed by atoms with Crippen LogP contribution in [0.1, 0.15) is 40.0 Å². The number of hydrogen-bond acceptors (Lipinski definition) is 3.